The lowest BCUT2D eigenvalue weighted by Gasteiger charge is -2.41. The molecule has 6 atom stereocenters. The molecule has 0 bridgehead atoms. The van der Waals surface area contributed by atoms with Crippen LogP contribution in [0.25, 0.3) is 0 Å². The van der Waals surface area contributed by atoms with Crippen LogP contribution in [0.3, 0.4) is 0 Å². The molecule has 1 saturated heterocycles. The Kier molecular flexibility index (Phi) is 5.10. The van der Waals surface area contributed by atoms with Gasteiger partial charge in [0.2, 0.25) is 0 Å². The molecule has 1 rings (SSSR count). The molecule has 96 valence electrons. The normalized spacial score (nSPS) is 42.0. The van der Waals surface area contributed by atoms with Gasteiger partial charge in [-0.25, -0.2) is 0 Å². The lowest BCUT2D eigenvalue weighted by molar-refractivity contribution is -0.255. The quantitative estimate of drug-likeness (QED) is 0.393. The summed E-state index contributed by atoms with van der Waals surface area (Å²) < 4.78 is 5.01. The predicted octanol–water partition coefficient (Wildman–Crippen LogP) is -1.83. The van der Waals surface area contributed by atoms with Gasteiger partial charge >= 0.3 is 0 Å². The van der Waals surface area contributed by atoms with Crippen molar-refractivity contribution in [2.24, 2.45) is 0 Å². The van der Waals surface area contributed by atoms with Crippen molar-refractivity contribution < 1.29 is 25.2 Å². The molecule has 16 heavy (non-hydrogen) atoms. The predicted molar refractivity (Wildman–Crippen MR) is 56.7 cm³/mol. The summed E-state index contributed by atoms with van der Waals surface area (Å²) in [5, 5.41) is 40.9. The van der Waals surface area contributed by atoms with Crippen molar-refractivity contribution in [2.45, 2.75) is 57.0 Å². The summed E-state index contributed by atoms with van der Waals surface area (Å²) in [6, 6.07) is -0.650. The smallest absolute Gasteiger partial charge is 0.173 e. The molecule has 6 nitrogen and oxygen atoms in total. The third kappa shape index (κ3) is 2.91. The van der Waals surface area contributed by atoms with E-state index in [1.54, 1.807) is 0 Å². The molecule has 1 aliphatic heterocycles. The maximum atomic E-state index is 9.79. The first-order valence-electron chi connectivity index (χ1n) is 5.57. The Morgan fingerprint density at radius 1 is 1.25 bits per heavy atom. The van der Waals surface area contributed by atoms with E-state index in [4.69, 9.17) is 9.84 Å². The monoisotopic (exact) mass is 235 g/mol. The van der Waals surface area contributed by atoms with Crippen LogP contribution in [0.5, 0.6) is 0 Å². The fourth-order valence-electron chi connectivity index (χ4n) is 1.72. The summed E-state index contributed by atoms with van der Waals surface area (Å²) >= 11 is 0. The Bertz CT molecular complexity index is 215. The number of nitrogens with one attached hydrogen (secondary N) is 1. The van der Waals surface area contributed by atoms with Gasteiger partial charge in [-0.05, 0) is 13.3 Å². The van der Waals surface area contributed by atoms with Crippen molar-refractivity contribution in [1.29, 1.82) is 0 Å². The molecule has 1 heterocycles. The van der Waals surface area contributed by atoms with Gasteiger partial charge in [0.15, 0.2) is 6.29 Å². The topological polar surface area (TPSA) is 102 Å². The van der Waals surface area contributed by atoms with Crippen molar-refractivity contribution >= 4 is 0 Å². The van der Waals surface area contributed by atoms with Crippen LogP contribution in [-0.4, -0.2) is 63.7 Å². The molecule has 0 aromatic heterocycles. The Morgan fingerprint density at radius 3 is 2.38 bits per heavy atom. The zero-order valence-corrected chi connectivity index (χ0v) is 9.58. The third-order valence-electron chi connectivity index (χ3n) is 2.99. The van der Waals surface area contributed by atoms with Gasteiger partial charge in [-0.3, -0.25) is 0 Å². The highest BCUT2D eigenvalue weighted by molar-refractivity contribution is 4.93. The molecule has 0 spiro atoms. The lowest BCUT2D eigenvalue weighted by Crippen LogP contribution is -2.64. The summed E-state index contributed by atoms with van der Waals surface area (Å²) in [5.41, 5.74) is 0. The van der Waals surface area contributed by atoms with Crippen LogP contribution in [0, 0.1) is 0 Å². The van der Waals surface area contributed by atoms with E-state index in [0.29, 0.717) is 0 Å². The summed E-state index contributed by atoms with van der Waals surface area (Å²) in [4.78, 5) is 0. The molecule has 5 N–H and O–H groups in total. The molecule has 1 fully saturated rings. The average molecular weight is 235 g/mol. The molecule has 0 aliphatic carbocycles. The van der Waals surface area contributed by atoms with E-state index in [0.717, 1.165) is 6.42 Å². The maximum Gasteiger partial charge on any atom is 0.173 e. The van der Waals surface area contributed by atoms with Crippen LogP contribution in [0.15, 0.2) is 0 Å². The minimum absolute atomic E-state index is 0.0933. The lowest BCUT2D eigenvalue weighted by atomic mass is 9.96. The molecule has 0 aromatic rings. The second kappa shape index (κ2) is 5.90. The first-order chi connectivity index (χ1) is 7.51. The van der Waals surface area contributed by atoms with Crippen LogP contribution < -0.4 is 5.32 Å². The van der Waals surface area contributed by atoms with Crippen molar-refractivity contribution in [3.63, 3.8) is 0 Å². The molecule has 1 aliphatic rings. The largest absolute Gasteiger partial charge is 0.394 e. The Labute approximate surface area is 94.9 Å². The highest BCUT2D eigenvalue weighted by Gasteiger charge is 2.43. The van der Waals surface area contributed by atoms with Gasteiger partial charge in [0.25, 0.3) is 0 Å². The van der Waals surface area contributed by atoms with Crippen LogP contribution in [0.2, 0.25) is 0 Å². The highest BCUT2D eigenvalue weighted by atomic mass is 16.6. The first-order valence-corrected chi connectivity index (χ1v) is 5.57. The van der Waals surface area contributed by atoms with Gasteiger partial charge in [0, 0.05) is 6.04 Å². The Balaban J connectivity index is 2.64. The van der Waals surface area contributed by atoms with E-state index < -0.39 is 37.3 Å². The van der Waals surface area contributed by atoms with E-state index in [1.165, 1.54) is 0 Å². The maximum absolute atomic E-state index is 9.79. The Hall–Kier alpha value is -0.240. The number of hydrogen-bond acceptors (Lipinski definition) is 6. The SMILES string of the molecule is CCC(C)NC1C(O)OC(CO)[C@@H](O)[C@@H]1O. The van der Waals surface area contributed by atoms with E-state index >= 15 is 0 Å². The molecule has 4 unspecified atom stereocenters. The van der Waals surface area contributed by atoms with Crippen LogP contribution >= 0.6 is 0 Å². The van der Waals surface area contributed by atoms with E-state index in [1.807, 2.05) is 13.8 Å². The van der Waals surface area contributed by atoms with Crippen molar-refractivity contribution in [3.05, 3.63) is 0 Å². The van der Waals surface area contributed by atoms with Gasteiger partial charge in [0.05, 0.1) is 12.6 Å². The van der Waals surface area contributed by atoms with Gasteiger partial charge in [-0.15, -0.1) is 0 Å². The van der Waals surface area contributed by atoms with Gasteiger partial charge in [-0.2, -0.15) is 0 Å². The van der Waals surface area contributed by atoms with Crippen LogP contribution in [0.4, 0.5) is 0 Å². The fraction of sp³-hybridized carbons (Fsp3) is 1.00. The molecule has 0 aromatic carbocycles. The van der Waals surface area contributed by atoms with E-state index in [-0.39, 0.29) is 6.04 Å². The zero-order valence-electron chi connectivity index (χ0n) is 9.58. The molecular formula is C10H21NO5. The second-order valence-corrected chi connectivity index (χ2v) is 4.23. The van der Waals surface area contributed by atoms with Crippen molar-refractivity contribution in [1.82, 2.24) is 5.32 Å². The minimum Gasteiger partial charge on any atom is -0.394 e. The van der Waals surface area contributed by atoms with Crippen molar-refractivity contribution in [3.8, 4) is 0 Å². The molecule has 0 amide bonds. The number of aliphatic hydroxyl groups is 4. The second-order valence-electron chi connectivity index (χ2n) is 4.23. The summed E-state index contributed by atoms with van der Waals surface area (Å²) in [7, 11) is 0. The summed E-state index contributed by atoms with van der Waals surface area (Å²) in [6.45, 7) is 3.43. The molecule has 6 heteroatoms. The number of aliphatic hydroxyl groups excluding tert-OH is 4. The number of rotatable bonds is 4. The highest BCUT2D eigenvalue weighted by Crippen LogP contribution is 2.20. The molecule has 0 radical (unpaired) electrons. The van der Waals surface area contributed by atoms with Crippen LogP contribution in [0.1, 0.15) is 20.3 Å². The molecule has 0 saturated carbocycles. The summed E-state index contributed by atoms with van der Waals surface area (Å²) in [6.07, 6.45) is -3.70. The van der Waals surface area contributed by atoms with E-state index in [2.05, 4.69) is 5.32 Å². The molecular weight excluding hydrogens is 214 g/mol. The number of hydrogen-bond donors (Lipinski definition) is 5. The van der Waals surface area contributed by atoms with E-state index in [9.17, 15) is 15.3 Å². The number of ether oxygens (including phenoxy) is 1. The third-order valence-corrected chi connectivity index (χ3v) is 2.99. The first kappa shape index (κ1) is 13.8. The summed E-state index contributed by atoms with van der Waals surface area (Å²) in [5.74, 6) is 0. The Morgan fingerprint density at radius 2 is 1.88 bits per heavy atom. The van der Waals surface area contributed by atoms with Crippen molar-refractivity contribution in [2.75, 3.05) is 6.61 Å². The van der Waals surface area contributed by atoms with Crippen LogP contribution in [-0.2, 0) is 4.74 Å². The average Bonchev–Trinajstić information content (AvgIpc) is 2.28. The standard InChI is InChI=1S/C10H21NO5/c1-3-5(2)11-7-9(14)8(13)6(4-12)16-10(7)15/h5-15H,3-4H2,1-2H3/t5?,6?,7?,8-,9-,10?/m1/s1. The van der Waals surface area contributed by atoms with Gasteiger partial charge in [-0.1, -0.05) is 6.92 Å². The zero-order chi connectivity index (χ0) is 12.3. The van der Waals surface area contributed by atoms with Gasteiger partial charge < -0.3 is 30.5 Å². The fourth-order valence-corrected chi connectivity index (χ4v) is 1.72. The minimum atomic E-state index is -1.23. The van der Waals surface area contributed by atoms with Gasteiger partial charge in [0.1, 0.15) is 18.3 Å².